The molecule has 1 aliphatic heterocycles. The van der Waals surface area contributed by atoms with Gasteiger partial charge in [-0.3, -0.25) is 9.48 Å². The van der Waals surface area contributed by atoms with Crippen molar-refractivity contribution in [1.29, 1.82) is 0 Å². The number of nitrogens with zero attached hydrogens (tertiary/aromatic N) is 4. The van der Waals surface area contributed by atoms with E-state index in [-0.39, 0.29) is 10.8 Å². The Balaban J connectivity index is 1.77. The largest absolute Gasteiger partial charge is 0.378 e. The van der Waals surface area contributed by atoms with Gasteiger partial charge in [0.1, 0.15) is 0 Å². The van der Waals surface area contributed by atoms with Gasteiger partial charge in [0.15, 0.2) is 0 Å². The molecule has 1 aromatic heterocycles. The molecule has 2 aromatic rings. The van der Waals surface area contributed by atoms with Crippen molar-refractivity contribution < 1.29 is 17.9 Å². The Bertz CT molecular complexity index is 981. The molecular formula is C20H29N5O4S. The van der Waals surface area contributed by atoms with Crippen LogP contribution in [0.1, 0.15) is 22.3 Å². The van der Waals surface area contributed by atoms with Gasteiger partial charge in [-0.1, -0.05) is 0 Å². The van der Waals surface area contributed by atoms with Gasteiger partial charge in [0.25, 0.3) is 5.91 Å². The average Bonchev–Trinajstić information content (AvgIpc) is 3.16. The number of aryl methyl sites for hydroxylation is 2. The minimum absolute atomic E-state index is 0.0988. The second-order valence-electron chi connectivity index (χ2n) is 7.46. The molecule has 9 nitrogen and oxygen atoms in total. The van der Waals surface area contributed by atoms with Crippen LogP contribution < -0.4 is 10.2 Å². The van der Waals surface area contributed by atoms with Gasteiger partial charge in [0.05, 0.1) is 29.9 Å². The van der Waals surface area contributed by atoms with Crippen LogP contribution in [0.15, 0.2) is 35.5 Å². The number of sulfonamides is 1. The molecule has 0 unspecified atom stereocenters. The summed E-state index contributed by atoms with van der Waals surface area (Å²) in [6.07, 6.45) is 4.47. The summed E-state index contributed by atoms with van der Waals surface area (Å²) in [5, 5.41) is 7.15. The molecule has 1 amide bonds. The molecule has 1 saturated heterocycles. The van der Waals surface area contributed by atoms with E-state index < -0.39 is 10.0 Å². The highest BCUT2D eigenvalue weighted by atomic mass is 32.2. The van der Waals surface area contributed by atoms with Crippen molar-refractivity contribution >= 4 is 21.6 Å². The Labute approximate surface area is 177 Å². The van der Waals surface area contributed by atoms with Crippen LogP contribution in [0.25, 0.3) is 0 Å². The number of carbonyl (C=O) groups excluding carboxylic acids is 1. The number of nitrogens with one attached hydrogen (secondary N) is 1. The number of rotatable bonds is 8. The van der Waals surface area contributed by atoms with Gasteiger partial charge in [0, 0.05) is 52.2 Å². The predicted octanol–water partition coefficient (Wildman–Crippen LogP) is 1.10. The lowest BCUT2D eigenvalue weighted by molar-refractivity contribution is 0.0951. The fourth-order valence-corrected chi connectivity index (χ4v) is 4.20. The van der Waals surface area contributed by atoms with Crippen LogP contribution in [0, 0.1) is 6.92 Å². The minimum Gasteiger partial charge on any atom is -0.378 e. The lowest BCUT2D eigenvalue weighted by Crippen LogP contribution is -2.38. The topological polar surface area (TPSA) is 96.8 Å². The van der Waals surface area contributed by atoms with Gasteiger partial charge in [-0.15, -0.1) is 0 Å². The van der Waals surface area contributed by atoms with E-state index in [4.69, 9.17) is 4.74 Å². The summed E-state index contributed by atoms with van der Waals surface area (Å²) in [5.74, 6) is -0.288. The monoisotopic (exact) mass is 435 g/mol. The fourth-order valence-electron chi connectivity index (χ4n) is 3.28. The van der Waals surface area contributed by atoms with Crippen molar-refractivity contribution in [3.63, 3.8) is 0 Å². The molecular weight excluding hydrogens is 406 g/mol. The van der Waals surface area contributed by atoms with E-state index >= 15 is 0 Å². The van der Waals surface area contributed by atoms with E-state index in [1.165, 1.54) is 20.2 Å². The number of amides is 1. The van der Waals surface area contributed by atoms with E-state index in [1.54, 1.807) is 18.3 Å². The van der Waals surface area contributed by atoms with Crippen molar-refractivity contribution in [2.45, 2.75) is 24.8 Å². The number of carbonyl (C=O) groups is 1. The highest BCUT2D eigenvalue weighted by Crippen LogP contribution is 2.26. The quantitative estimate of drug-likeness (QED) is 0.624. The van der Waals surface area contributed by atoms with Crippen molar-refractivity contribution in [3.05, 3.63) is 41.7 Å². The second kappa shape index (κ2) is 9.59. The van der Waals surface area contributed by atoms with E-state index in [2.05, 4.69) is 15.3 Å². The van der Waals surface area contributed by atoms with Crippen molar-refractivity contribution in [3.8, 4) is 0 Å². The molecule has 164 valence electrons. The summed E-state index contributed by atoms with van der Waals surface area (Å²) in [6.45, 7) is 5.58. The lowest BCUT2D eigenvalue weighted by atomic mass is 10.1. The van der Waals surface area contributed by atoms with Crippen LogP contribution in [0.2, 0.25) is 0 Å². The minimum atomic E-state index is -3.64. The average molecular weight is 436 g/mol. The zero-order valence-electron chi connectivity index (χ0n) is 17.7. The summed E-state index contributed by atoms with van der Waals surface area (Å²) < 4.78 is 33.5. The summed E-state index contributed by atoms with van der Waals surface area (Å²) in [7, 11) is -0.692. The van der Waals surface area contributed by atoms with Gasteiger partial charge in [0.2, 0.25) is 10.0 Å². The molecule has 0 radical (unpaired) electrons. The highest BCUT2D eigenvalue weighted by molar-refractivity contribution is 7.89. The van der Waals surface area contributed by atoms with Gasteiger partial charge in [-0.2, -0.15) is 5.10 Å². The maximum absolute atomic E-state index is 13.0. The summed E-state index contributed by atoms with van der Waals surface area (Å²) in [4.78, 5) is 15.1. The summed E-state index contributed by atoms with van der Waals surface area (Å²) >= 11 is 0. The zero-order chi connectivity index (χ0) is 21.7. The molecule has 0 spiro atoms. The normalized spacial score (nSPS) is 14.9. The molecule has 2 heterocycles. The van der Waals surface area contributed by atoms with Gasteiger partial charge >= 0.3 is 0 Å². The van der Waals surface area contributed by atoms with E-state index in [0.717, 1.165) is 22.0 Å². The van der Waals surface area contributed by atoms with Crippen LogP contribution in [0.4, 0.5) is 5.69 Å². The maximum atomic E-state index is 13.0. The summed E-state index contributed by atoms with van der Waals surface area (Å²) in [6, 6.07) is 4.73. The SMILES string of the molecule is Cc1cnn(CCCNC(=O)c2cc(S(=O)(=O)N(C)C)ccc2N2CCOCC2)c1. The van der Waals surface area contributed by atoms with Crippen LogP contribution in [-0.2, 0) is 21.3 Å². The smallest absolute Gasteiger partial charge is 0.253 e. The number of aromatic nitrogens is 2. The zero-order valence-corrected chi connectivity index (χ0v) is 18.5. The van der Waals surface area contributed by atoms with Crippen molar-refractivity contribution in [1.82, 2.24) is 19.4 Å². The number of ether oxygens (including phenoxy) is 1. The second-order valence-corrected chi connectivity index (χ2v) is 9.61. The van der Waals surface area contributed by atoms with Crippen molar-refractivity contribution in [2.75, 3.05) is 51.8 Å². The molecule has 1 fully saturated rings. The van der Waals surface area contributed by atoms with Gasteiger partial charge in [-0.25, -0.2) is 12.7 Å². The first-order chi connectivity index (χ1) is 14.3. The lowest BCUT2D eigenvalue weighted by Gasteiger charge is -2.30. The highest BCUT2D eigenvalue weighted by Gasteiger charge is 2.24. The molecule has 0 atom stereocenters. The van der Waals surface area contributed by atoms with Crippen LogP contribution in [0.5, 0.6) is 0 Å². The number of benzene rings is 1. The molecule has 30 heavy (non-hydrogen) atoms. The van der Waals surface area contributed by atoms with E-state index in [1.807, 2.05) is 17.8 Å². The molecule has 0 bridgehead atoms. The number of hydrogen-bond acceptors (Lipinski definition) is 6. The van der Waals surface area contributed by atoms with Crippen LogP contribution >= 0.6 is 0 Å². The van der Waals surface area contributed by atoms with Crippen LogP contribution in [-0.4, -0.2) is 75.4 Å². The number of anilines is 1. The summed E-state index contributed by atoms with van der Waals surface area (Å²) in [5.41, 5.74) is 2.17. The molecule has 1 aliphatic rings. The third-order valence-electron chi connectivity index (χ3n) is 4.95. The number of hydrogen-bond donors (Lipinski definition) is 1. The first kappa shape index (κ1) is 22.3. The number of morpholine rings is 1. The van der Waals surface area contributed by atoms with Crippen molar-refractivity contribution in [2.24, 2.45) is 0 Å². The van der Waals surface area contributed by atoms with Crippen LogP contribution in [0.3, 0.4) is 0 Å². The maximum Gasteiger partial charge on any atom is 0.253 e. The third-order valence-corrected chi connectivity index (χ3v) is 6.77. The Hall–Kier alpha value is -2.43. The van der Waals surface area contributed by atoms with Gasteiger partial charge in [-0.05, 0) is 37.1 Å². The molecule has 1 N–H and O–H groups in total. The Morgan fingerprint density at radius 2 is 2.00 bits per heavy atom. The van der Waals surface area contributed by atoms with E-state index in [0.29, 0.717) is 45.0 Å². The first-order valence-corrected chi connectivity index (χ1v) is 11.4. The van der Waals surface area contributed by atoms with Gasteiger partial charge < -0.3 is 15.0 Å². The van der Waals surface area contributed by atoms with E-state index in [9.17, 15) is 13.2 Å². The molecule has 0 aliphatic carbocycles. The predicted molar refractivity (Wildman–Crippen MR) is 114 cm³/mol. The fraction of sp³-hybridized carbons (Fsp3) is 0.500. The Morgan fingerprint density at radius 1 is 1.27 bits per heavy atom. The standard InChI is InChI=1S/C20H29N5O4S/c1-16-14-22-25(15-16)8-4-7-21-20(26)18-13-17(30(27,28)23(2)3)5-6-19(18)24-9-11-29-12-10-24/h5-6,13-15H,4,7-12H2,1-3H3,(H,21,26). The third kappa shape index (κ3) is 5.18. The Morgan fingerprint density at radius 3 is 2.63 bits per heavy atom. The molecule has 0 saturated carbocycles. The molecule has 3 rings (SSSR count). The Kier molecular flexibility index (Phi) is 7.11. The first-order valence-electron chi connectivity index (χ1n) is 9.95. The molecule has 1 aromatic carbocycles. The molecule has 10 heteroatoms.